The minimum atomic E-state index is -0.573. The Morgan fingerprint density at radius 1 is 1.32 bits per heavy atom. The van der Waals surface area contributed by atoms with Crippen molar-refractivity contribution in [3.05, 3.63) is 0 Å². The van der Waals surface area contributed by atoms with Gasteiger partial charge in [-0.15, -0.1) is 0 Å². The molecule has 4 nitrogen and oxygen atoms in total. The molecule has 1 N–H and O–H groups in total. The average molecular weight is 266 g/mol. The second kappa shape index (κ2) is 5.51. The highest BCUT2D eigenvalue weighted by molar-refractivity contribution is 6.00. The summed E-state index contributed by atoms with van der Waals surface area (Å²) in [5.74, 6) is 0.659. The van der Waals surface area contributed by atoms with E-state index < -0.39 is 5.54 Å². The largest absolute Gasteiger partial charge is 0.340 e. The van der Waals surface area contributed by atoms with E-state index >= 15 is 0 Å². The van der Waals surface area contributed by atoms with E-state index in [4.69, 9.17) is 0 Å². The predicted octanol–water partition coefficient (Wildman–Crippen LogP) is 2.08. The summed E-state index contributed by atoms with van der Waals surface area (Å²) in [6, 6.07) is -0.271. The third kappa shape index (κ3) is 2.49. The number of nitrogens with one attached hydrogen (secondary N) is 1. The van der Waals surface area contributed by atoms with Crippen molar-refractivity contribution in [2.24, 2.45) is 5.92 Å². The molecule has 2 amide bonds. The van der Waals surface area contributed by atoms with E-state index in [1.165, 1.54) is 0 Å². The third-order valence-corrected chi connectivity index (χ3v) is 4.76. The highest BCUT2D eigenvalue weighted by Crippen LogP contribution is 2.35. The molecule has 1 heterocycles. The van der Waals surface area contributed by atoms with E-state index in [-0.39, 0.29) is 17.9 Å². The molecule has 1 spiro atoms. The topological polar surface area (TPSA) is 49.4 Å². The fourth-order valence-electron chi connectivity index (χ4n) is 3.33. The maximum atomic E-state index is 12.8. The van der Waals surface area contributed by atoms with Crippen molar-refractivity contribution in [3.63, 3.8) is 0 Å². The predicted molar refractivity (Wildman–Crippen MR) is 74.6 cm³/mol. The highest BCUT2D eigenvalue weighted by atomic mass is 16.2. The lowest BCUT2D eigenvalue weighted by atomic mass is 9.89. The van der Waals surface area contributed by atoms with Crippen molar-refractivity contribution in [2.45, 2.75) is 70.9 Å². The molecule has 2 fully saturated rings. The van der Waals surface area contributed by atoms with E-state index in [2.05, 4.69) is 19.2 Å². The number of hydrogen-bond donors (Lipinski definition) is 1. The molecule has 0 aromatic carbocycles. The first-order valence-corrected chi connectivity index (χ1v) is 7.67. The van der Waals surface area contributed by atoms with Gasteiger partial charge in [-0.25, -0.2) is 0 Å². The maximum absolute atomic E-state index is 12.8. The molecule has 2 rings (SSSR count). The molecule has 2 unspecified atom stereocenters. The highest BCUT2D eigenvalue weighted by Gasteiger charge is 2.51. The Kier molecular flexibility index (Phi) is 4.16. The van der Waals surface area contributed by atoms with Crippen LogP contribution < -0.4 is 5.32 Å². The van der Waals surface area contributed by atoms with E-state index in [9.17, 15) is 9.59 Å². The van der Waals surface area contributed by atoms with Gasteiger partial charge in [0.15, 0.2) is 0 Å². The second-order valence-electron chi connectivity index (χ2n) is 6.17. The van der Waals surface area contributed by atoms with Gasteiger partial charge in [-0.05, 0) is 25.2 Å². The van der Waals surface area contributed by atoms with E-state index in [0.717, 1.165) is 32.1 Å². The molecule has 108 valence electrons. The number of carbonyl (C=O) groups excluding carboxylic acids is 2. The Balaban J connectivity index is 2.23. The van der Waals surface area contributed by atoms with Crippen molar-refractivity contribution >= 4 is 11.8 Å². The first-order chi connectivity index (χ1) is 9.04. The molecule has 1 saturated heterocycles. The average Bonchev–Trinajstić information content (AvgIpc) is 2.85. The first kappa shape index (κ1) is 14.4. The molecule has 4 heteroatoms. The van der Waals surface area contributed by atoms with Crippen molar-refractivity contribution in [2.75, 3.05) is 6.54 Å². The van der Waals surface area contributed by atoms with Gasteiger partial charge in [-0.2, -0.15) is 0 Å². The molecule has 1 aliphatic heterocycles. The zero-order valence-electron chi connectivity index (χ0n) is 12.4. The second-order valence-corrected chi connectivity index (χ2v) is 6.17. The number of nitrogens with zero attached hydrogens (tertiary/aromatic N) is 1. The molecule has 1 saturated carbocycles. The first-order valence-electron chi connectivity index (χ1n) is 7.67. The summed E-state index contributed by atoms with van der Waals surface area (Å²) in [7, 11) is 0. The van der Waals surface area contributed by atoms with Gasteiger partial charge in [0, 0.05) is 6.54 Å². The van der Waals surface area contributed by atoms with Crippen LogP contribution in [0.15, 0.2) is 0 Å². The minimum absolute atomic E-state index is 0.0484. The van der Waals surface area contributed by atoms with Gasteiger partial charge in [-0.1, -0.05) is 40.0 Å². The Morgan fingerprint density at radius 2 is 1.95 bits per heavy atom. The van der Waals surface area contributed by atoms with Crippen LogP contribution in [0.4, 0.5) is 0 Å². The normalized spacial score (nSPS) is 27.7. The van der Waals surface area contributed by atoms with Gasteiger partial charge in [0.2, 0.25) is 11.8 Å². The van der Waals surface area contributed by atoms with Crippen LogP contribution in [0.25, 0.3) is 0 Å². The standard InChI is InChI=1S/C15H26N2O2/c1-4-11(3)10-17-12(5-2)13(18)16-15(14(17)19)8-6-7-9-15/h11-12H,4-10H2,1-3H3,(H,16,18). The van der Waals surface area contributed by atoms with Crippen LogP contribution in [0.1, 0.15) is 59.3 Å². The number of carbonyl (C=O) groups is 2. The van der Waals surface area contributed by atoms with Gasteiger partial charge in [-0.3, -0.25) is 9.59 Å². The Labute approximate surface area is 115 Å². The van der Waals surface area contributed by atoms with Crippen molar-refractivity contribution in [1.29, 1.82) is 0 Å². The van der Waals surface area contributed by atoms with E-state index in [1.54, 1.807) is 0 Å². The summed E-state index contributed by atoms with van der Waals surface area (Å²) >= 11 is 0. The SMILES string of the molecule is CCC(C)CN1C(=O)C2(CCCC2)NC(=O)C1CC. The zero-order chi connectivity index (χ0) is 14.0. The van der Waals surface area contributed by atoms with Crippen LogP contribution in [0.3, 0.4) is 0 Å². The molecule has 0 radical (unpaired) electrons. The molecule has 0 bridgehead atoms. The van der Waals surface area contributed by atoms with Crippen molar-refractivity contribution in [3.8, 4) is 0 Å². The molecule has 1 aliphatic carbocycles. The van der Waals surface area contributed by atoms with Crippen LogP contribution in [-0.4, -0.2) is 34.8 Å². The van der Waals surface area contributed by atoms with E-state index in [0.29, 0.717) is 18.9 Å². The summed E-state index contributed by atoms with van der Waals surface area (Å²) in [5, 5.41) is 3.03. The van der Waals surface area contributed by atoms with Gasteiger partial charge in [0.05, 0.1) is 0 Å². The monoisotopic (exact) mass is 266 g/mol. The molecule has 19 heavy (non-hydrogen) atoms. The number of rotatable bonds is 4. The van der Waals surface area contributed by atoms with Crippen molar-refractivity contribution < 1.29 is 9.59 Å². The number of hydrogen-bond acceptors (Lipinski definition) is 2. The molecule has 2 aliphatic rings. The maximum Gasteiger partial charge on any atom is 0.249 e. The summed E-state index contributed by atoms with van der Waals surface area (Å²) in [6.07, 6.45) is 5.44. The molecule has 0 aromatic rings. The lowest BCUT2D eigenvalue weighted by molar-refractivity contribution is -0.155. The third-order valence-electron chi connectivity index (χ3n) is 4.76. The van der Waals surface area contributed by atoms with E-state index in [1.807, 2.05) is 11.8 Å². The molecule has 0 aromatic heterocycles. The van der Waals surface area contributed by atoms with Crippen LogP contribution in [0, 0.1) is 5.92 Å². The Morgan fingerprint density at radius 3 is 2.47 bits per heavy atom. The quantitative estimate of drug-likeness (QED) is 0.847. The van der Waals surface area contributed by atoms with Crippen molar-refractivity contribution in [1.82, 2.24) is 10.2 Å². The fraction of sp³-hybridized carbons (Fsp3) is 0.867. The van der Waals surface area contributed by atoms with Gasteiger partial charge in [0.1, 0.15) is 11.6 Å². The smallest absolute Gasteiger partial charge is 0.249 e. The van der Waals surface area contributed by atoms with Crippen LogP contribution in [0.5, 0.6) is 0 Å². The Hall–Kier alpha value is -1.06. The lowest BCUT2D eigenvalue weighted by Crippen LogP contribution is -2.69. The van der Waals surface area contributed by atoms with Crippen LogP contribution in [-0.2, 0) is 9.59 Å². The summed E-state index contributed by atoms with van der Waals surface area (Å²) < 4.78 is 0. The summed E-state index contributed by atoms with van der Waals surface area (Å²) in [4.78, 5) is 27.0. The minimum Gasteiger partial charge on any atom is -0.340 e. The zero-order valence-corrected chi connectivity index (χ0v) is 12.4. The summed E-state index contributed by atoms with van der Waals surface area (Å²) in [5.41, 5.74) is -0.573. The van der Waals surface area contributed by atoms with Gasteiger partial charge >= 0.3 is 0 Å². The van der Waals surface area contributed by atoms with Gasteiger partial charge < -0.3 is 10.2 Å². The molecule has 2 atom stereocenters. The van der Waals surface area contributed by atoms with Gasteiger partial charge in [0.25, 0.3) is 0 Å². The Bertz CT molecular complexity index is 361. The fourth-order valence-corrected chi connectivity index (χ4v) is 3.33. The molecular weight excluding hydrogens is 240 g/mol. The summed E-state index contributed by atoms with van der Waals surface area (Å²) in [6.45, 7) is 6.97. The number of piperazine rings is 1. The molecular formula is C15H26N2O2. The lowest BCUT2D eigenvalue weighted by Gasteiger charge is -2.45. The van der Waals surface area contributed by atoms with Crippen LogP contribution >= 0.6 is 0 Å². The number of amides is 2. The van der Waals surface area contributed by atoms with Crippen LogP contribution in [0.2, 0.25) is 0 Å².